The smallest absolute Gasteiger partial charge is 0.128 e. The molecule has 3 aromatic rings. The van der Waals surface area contributed by atoms with Gasteiger partial charge in [0, 0.05) is 17.3 Å². The third kappa shape index (κ3) is 2.82. The molecule has 0 aliphatic rings. The average Bonchev–Trinajstić information content (AvgIpc) is 2.99. The number of rotatable bonds is 3. The van der Waals surface area contributed by atoms with Gasteiger partial charge in [-0.3, -0.25) is 4.68 Å². The SMILES string of the molecule is N#Cc1ccc(F)c(Cn2cc(-c3ccccc3)cn2)c1. The summed E-state index contributed by atoms with van der Waals surface area (Å²) in [5, 5.41) is 13.1. The molecule has 0 N–H and O–H groups in total. The molecule has 0 saturated heterocycles. The Kier molecular flexibility index (Phi) is 3.48. The number of halogens is 1. The normalized spacial score (nSPS) is 10.3. The van der Waals surface area contributed by atoms with Crippen molar-refractivity contribution in [3.8, 4) is 17.2 Å². The minimum absolute atomic E-state index is 0.300. The maximum atomic E-state index is 13.8. The first-order chi connectivity index (χ1) is 10.3. The fourth-order valence-electron chi connectivity index (χ4n) is 2.17. The van der Waals surface area contributed by atoms with Crippen LogP contribution in [0.2, 0.25) is 0 Å². The van der Waals surface area contributed by atoms with E-state index in [-0.39, 0.29) is 5.82 Å². The molecule has 0 fully saturated rings. The molecule has 1 aromatic heterocycles. The molecular formula is C17H12FN3. The van der Waals surface area contributed by atoms with Crippen molar-refractivity contribution in [2.75, 3.05) is 0 Å². The van der Waals surface area contributed by atoms with Crippen molar-refractivity contribution in [3.63, 3.8) is 0 Å². The van der Waals surface area contributed by atoms with Gasteiger partial charge in [-0.25, -0.2) is 4.39 Å². The molecule has 3 rings (SSSR count). The van der Waals surface area contributed by atoms with E-state index in [0.29, 0.717) is 17.7 Å². The van der Waals surface area contributed by atoms with Crippen molar-refractivity contribution in [1.29, 1.82) is 5.26 Å². The molecule has 0 amide bonds. The first-order valence-corrected chi connectivity index (χ1v) is 6.52. The van der Waals surface area contributed by atoms with E-state index in [1.807, 2.05) is 42.6 Å². The first-order valence-electron chi connectivity index (χ1n) is 6.52. The quantitative estimate of drug-likeness (QED) is 0.734. The van der Waals surface area contributed by atoms with Gasteiger partial charge in [-0.05, 0) is 23.8 Å². The second-order valence-electron chi connectivity index (χ2n) is 4.71. The number of hydrogen-bond acceptors (Lipinski definition) is 2. The molecule has 0 bridgehead atoms. The molecule has 21 heavy (non-hydrogen) atoms. The Morgan fingerprint density at radius 1 is 1.10 bits per heavy atom. The van der Waals surface area contributed by atoms with Crippen LogP contribution in [0, 0.1) is 17.1 Å². The molecule has 4 heteroatoms. The van der Waals surface area contributed by atoms with E-state index in [0.717, 1.165) is 11.1 Å². The summed E-state index contributed by atoms with van der Waals surface area (Å²) in [5.74, 6) is -0.328. The molecule has 0 aliphatic heterocycles. The van der Waals surface area contributed by atoms with E-state index in [4.69, 9.17) is 5.26 Å². The number of aromatic nitrogens is 2. The van der Waals surface area contributed by atoms with E-state index < -0.39 is 0 Å². The molecule has 102 valence electrons. The predicted octanol–water partition coefficient (Wildman–Crippen LogP) is 3.61. The average molecular weight is 277 g/mol. The summed E-state index contributed by atoms with van der Waals surface area (Å²) in [6.07, 6.45) is 3.62. The van der Waals surface area contributed by atoms with E-state index in [2.05, 4.69) is 5.10 Å². The third-order valence-corrected chi connectivity index (χ3v) is 3.25. The van der Waals surface area contributed by atoms with E-state index in [9.17, 15) is 4.39 Å². The lowest BCUT2D eigenvalue weighted by Crippen LogP contribution is -2.02. The van der Waals surface area contributed by atoms with Crippen molar-refractivity contribution in [2.24, 2.45) is 0 Å². The molecular weight excluding hydrogens is 265 g/mol. The van der Waals surface area contributed by atoms with Gasteiger partial charge in [-0.15, -0.1) is 0 Å². The molecule has 0 spiro atoms. The van der Waals surface area contributed by atoms with E-state index in [1.165, 1.54) is 12.1 Å². The number of hydrogen-bond donors (Lipinski definition) is 0. The Morgan fingerprint density at radius 2 is 1.90 bits per heavy atom. The van der Waals surface area contributed by atoms with Crippen LogP contribution in [-0.2, 0) is 6.54 Å². The zero-order valence-corrected chi connectivity index (χ0v) is 11.2. The molecule has 3 nitrogen and oxygen atoms in total. The van der Waals surface area contributed by atoms with Crippen LogP contribution in [0.4, 0.5) is 4.39 Å². The lowest BCUT2D eigenvalue weighted by molar-refractivity contribution is 0.585. The highest BCUT2D eigenvalue weighted by Crippen LogP contribution is 2.19. The first kappa shape index (κ1) is 13.1. The molecule has 0 radical (unpaired) electrons. The maximum Gasteiger partial charge on any atom is 0.128 e. The minimum Gasteiger partial charge on any atom is -0.268 e. The highest BCUT2D eigenvalue weighted by molar-refractivity contribution is 5.61. The Hall–Kier alpha value is -2.93. The van der Waals surface area contributed by atoms with Gasteiger partial charge in [-0.2, -0.15) is 10.4 Å². The van der Waals surface area contributed by atoms with Crippen molar-refractivity contribution in [1.82, 2.24) is 9.78 Å². The Bertz CT molecular complexity index is 800. The van der Waals surface area contributed by atoms with Crippen LogP contribution in [0.25, 0.3) is 11.1 Å². The van der Waals surface area contributed by atoms with Gasteiger partial charge >= 0.3 is 0 Å². The summed E-state index contributed by atoms with van der Waals surface area (Å²) in [5.41, 5.74) is 2.95. The fraction of sp³-hybridized carbons (Fsp3) is 0.0588. The number of benzene rings is 2. The predicted molar refractivity (Wildman–Crippen MR) is 77.9 cm³/mol. The van der Waals surface area contributed by atoms with E-state index in [1.54, 1.807) is 16.9 Å². The summed E-state index contributed by atoms with van der Waals surface area (Å²) in [6, 6.07) is 16.2. The van der Waals surface area contributed by atoms with E-state index >= 15 is 0 Å². The van der Waals surface area contributed by atoms with Gasteiger partial charge < -0.3 is 0 Å². The topological polar surface area (TPSA) is 41.6 Å². The molecule has 0 atom stereocenters. The van der Waals surface area contributed by atoms with Crippen LogP contribution in [0.15, 0.2) is 60.9 Å². The monoisotopic (exact) mass is 277 g/mol. The van der Waals surface area contributed by atoms with Gasteiger partial charge in [-0.1, -0.05) is 30.3 Å². The second-order valence-corrected chi connectivity index (χ2v) is 4.71. The van der Waals surface area contributed by atoms with Crippen LogP contribution in [0.3, 0.4) is 0 Å². The van der Waals surface area contributed by atoms with Crippen molar-refractivity contribution >= 4 is 0 Å². The highest BCUT2D eigenvalue weighted by atomic mass is 19.1. The summed E-state index contributed by atoms with van der Waals surface area (Å²) in [6.45, 7) is 0.300. The number of nitriles is 1. The van der Waals surface area contributed by atoms with Crippen molar-refractivity contribution < 1.29 is 4.39 Å². The fourth-order valence-corrected chi connectivity index (χ4v) is 2.17. The molecule has 0 unspecified atom stereocenters. The summed E-state index contributed by atoms with van der Waals surface area (Å²) in [4.78, 5) is 0. The van der Waals surface area contributed by atoms with Gasteiger partial charge in [0.25, 0.3) is 0 Å². The Balaban J connectivity index is 1.87. The third-order valence-electron chi connectivity index (χ3n) is 3.25. The lowest BCUT2D eigenvalue weighted by atomic mass is 10.1. The van der Waals surface area contributed by atoms with Crippen LogP contribution in [0.5, 0.6) is 0 Å². The van der Waals surface area contributed by atoms with Gasteiger partial charge in [0.2, 0.25) is 0 Å². The summed E-state index contributed by atoms with van der Waals surface area (Å²) >= 11 is 0. The second kappa shape index (κ2) is 5.59. The standard InChI is InChI=1S/C17H12FN3/c18-17-7-6-13(9-19)8-15(17)11-21-12-16(10-20-21)14-4-2-1-3-5-14/h1-8,10,12H,11H2. The minimum atomic E-state index is -0.328. The van der Waals surface area contributed by atoms with Gasteiger partial charge in [0.15, 0.2) is 0 Å². The Morgan fingerprint density at radius 3 is 2.67 bits per heavy atom. The van der Waals surface area contributed by atoms with Gasteiger partial charge in [0.05, 0.1) is 24.4 Å². The molecule has 1 heterocycles. The van der Waals surface area contributed by atoms with Crippen molar-refractivity contribution in [3.05, 3.63) is 77.9 Å². The zero-order chi connectivity index (χ0) is 14.7. The lowest BCUT2D eigenvalue weighted by Gasteiger charge is -2.04. The van der Waals surface area contributed by atoms with Crippen LogP contribution < -0.4 is 0 Å². The van der Waals surface area contributed by atoms with Crippen molar-refractivity contribution in [2.45, 2.75) is 6.54 Å². The summed E-state index contributed by atoms with van der Waals surface area (Å²) in [7, 11) is 0. The molecule has 2 aromatic carbocycles. The molecule has 0 saturated carbocycles. The highest BCUT2D eigenvalue weighted by Gasteiger charge is 2.07. The Labute approximate surface area is 121 Å². The number of nitrogens with zero attached hydrogens (tertiary/aromatic N) is 3. The van der Waals surface area contributed by atoms with Crippen LogP contribution >= 0.6 is 0 Å². The van der Waals surface area contributed by atoms with Gasteiger partial charge in [0.1, 0.15) is 5.82 Å². The molecule has 0 aliphatic carbocycles. The largest absolute Gasteiger partial charge is 0.268 e. The van der Waals surface area contributed by atoms with Crippen LogP contribution in [0.1, 0.15) is 11.1 Å². The summed E-state index contributed by atoms with van der Waals surface area (Å²) < 4.78 is 15.4. The zero-order valence-electron chi connectivity index (χ0n) is 11.2. The maximum absolute atomic E-state index is 13.8. The van der Waals surface area contributed by atoms with Crippen LogP contribution in [-0.4, -0.2) is 9.78 Å².